The van der Waals surface area contributed by atoms with Crippen molar-refractivity contribution in [2.75, 3.05) is 13.6 Å². The lowest BCUT2D eigenvalue weighted by atomic mass is 10.1. The summed E-state index contributed by atoms with van der Waals surface area (Å²) in [4.78, 5) is 13.9. The predicted molar refractivity (Wildman–Crippen MR) is 76.9 cm³/mol. The van der Waals surface area contributed by atoms with E-state index >= 15 is 0 Å². The molecule has 0 bridgehead atoms. The molecule has 0 saturated carbocycles. The van der Waals surface area contributed by atoms with Gasteiger partial charge in [0.1, 0.15) is 0 Å². The molecule has 18 heavy (non-hydrogen) atoms. The molecular weight excluding hydrogens is 222 g/mol. The zero-order valence-electron chi connectivity index (χ0n) is 11.9. The van der Waals surface area contributed by atoms with Crippen LogP contribution < -0.4 is 0 Å². The number of rotatable bonds is 7. The highest BCUT2D eigenvalue weighted by Crippen LogP contribution is 2.10. The third kappa shape index (κ3) is 4.52. The smallest absolute Gasteiger partial charge is 0.253 e. The molecule has 2 nitrogen and oxygen atoms in total. The lowest BCUT2D eigenvalue weighted by Gasteiger charge is -2.16. The molecule has 0 fully saturated rings. The highest BCUT2D eigenvalue weighted by molar-refractivity contribution is 5.94. The van der Waals surface area contributed by atoms with Crippen molar-refractivity contribution < 1.29 is 4.79 Å². The normalized spacial score (nSPS) is 10.4. The quantitative estimate of drug-likeness (QED) is 0.715. The summed E-state index contributed by atoms with van der Waals surface area (Å²) in [6, 6.07) is 8.07. The Balaban J connectivity index is 2.58. The van der Waals surface area contributed by atoms with Gasteiger partial charge in [-0.05, 0) is 37.0 Å². The Morgan fingerprint density at radius 2 is 1.67 bits per heavy atom. The second-order valence-electron chi connectivity index (χ2n) is 4.88. The molecule has 0 unspecified atom stereocenters. The maximum atomic E-state index is 12.1. The Hall–Kier alpha value is -1.31. The minimum Gasteiger partial charge on any atom is -0.342 e. The van der Waals surface area contributed by atoms with Gasteiger partial charge in [0.15, 0.2) is 0 Å². The van der Waals surface area contributed by atoms with Crippen LogP contribution in [0, 0.1) is 0 Å². The number of hydrogen-bond donors (Lipinski definition) is 0. The van der Waals surface area contributed by atoms with E-state index in [1.807, 2.05) is 24.1 Å². The van der Waals surface area contributed by atoms with E-state index in [2.05, 4.69) is 26.0 Å². The third-order valence-corrected chi connectivity index (χ3v) is 3.21. The van der Waals surface area contributed by atoms with Gasteiger partial charge in [-0.15, -0.1) is 0 Å². The molecule has 0 aliphatic rings. The van der Waals surface area contributed by atoms with Crippen LogP contribution in [0.3, 0.4) is 0 Å². The van der Waals surface area contributed by atoms with Gasteiger partial charge in [0.05, 0.1) is 0 Å². The van der Waals surface area contributed by atoms with Crippen LogP contribution in [-0.4, -0.2) is 24.4 Å². The number of carbonyl (C=O) groups excluding carboxylic acids is 1. The van der Waals surface area contributed by atoms with Crippen LogP contribution in [0.25, 0.3) is 0 Å². The van der Waals surface area contributed by atoms with Crippen LogP contribution in [-0.2, 0) is 6.42 Å². The summed E-state index contributed by atoms with van der Waals surface area (Å²) in [5.41, 5.74) is 2.12. The molecule has 1 aromatic carbocycles. The number of carbonyl (C=O) groups is 1. The van der Waals surface area contributed by atoms with Gasteiger partial charge in [-0.2, -0.15) is 0 Å². The van der Waals surface area contributed by atoms with E-state index in [1.54, 1.807) is 0 Å². The molecule has 2 heteroatoms. The summed E-state index contributed by atoms with van der Waals surface area (Å²) in [5.74, 6) is 0.130. The van der Waals surface area contributed by atoms with E-state index in [1.165, 1.54) is 18.4 Å². The molecule has 0 heterocycles. The Kier molecular flexibility index (Phi) is 6.48. The standard InChI is InChI=1S/C16H25NO/c1-4-6-8-14-9-11-15(12-10-14)16(18)17(3)13-7-5-2/h9-12H,4-8,13H2,1-3H3. The SMILES string of the molecule is CCCCc1ccc(C(=O)N(C)CCCC)cc1. The minimum absolute atomic E-state index is 0.130. The first-order valence-corrected chi connectivity index (χ1v) is 7.03. The fourth-order valence-electron chi connectivity index (χ4n) is 1.91. The molecule has 100 valence electrons. The van der Waals surface area contributed by atoms with Crippen molar-refractivity contribution in [3.63, 3.8) is 0 Å². The van der Waals surface area contributed by atoms with E-state index < -0.39 is 0 Å². The van der Waals surface area contributed by atoms with Gasteiger partial charge in [0, 0.05) is 19.2 Å². The van der Waals surface area contributed by atoms with Crippen molar-refractivity contribution in [3.8, 4) is 0 Å². The highest BCUT2D eigenvalue weighted by atomic mass is 16.2. The van der Waals surface area contributed by atoms with E-state index in [9.17, 15) is 4.79 Å². The zero-order chi connectivity index (χ0) is 13.4. The number of hydrogen-bond acceptors (Lipinski definition) is 1. The summed E-state index contributed by atoms with van der Waals surface area (Å²) >= 11 is 0. The largest absolute Gasteiger partial charge is 0.342 e. The van der Waals surface area contributed by atoms with Crippen LogP contribution >= 0.6 is 0 Å². The summed E-state index contributed by atoms with van der Waals surface area (Å²) in [6.07, 6.45) is 5.71. The van der Waals surface area contributed by atoms with Crippen molar-refractivity contribution in [2.45, 2.75) is 46.0 Å². The molecule has 1 rings (SSSR count). The van der Waals surface area contributed by atoms with Gasteiger partial charge < -0.3 is 4.90 Å². The van der Waals surface area contributed by atoms with Crippen LogP contribution in [0.5, 0.6) is 0 Å². The molecule has 0 aromatic heterocycles. The molecule has 0 aliphatic carbocycles. The first-order chi connectivity index (χ1) is 8.69. The number of unbranched alkanes of at least 4 members (excludes halogenated alkanes) is 2. The Morgan fingerprint density at radius 1 is 1.06 bits per heavy atom. The topological polar surface area (TPSA) is 20.3 Å². The lowest BCUT2D eigenvalue weighted by Crippen LogP contribution is -2.27. The van der Waals surface area contributed by atoms with E-state index in [0.717, 1.165) is 31.4 Å². The Bertz CT molecular complexity index is 356. The average molecular weight is 247 g/mol. The molecule has 0 atom stereocenters. The number of nitrogens with zero attached hydrogens (tertiary/aromatic N) is 1. The maximum absolute atomic E-state index is 12.1. The van der Waals surface area contributed by atoms with Gasteiger partial charge in [-0.1, -0.05) is 38.8 Å². The van der Waals surface area contributed by atoms with E-state index in [4.69, 9.17) is 0 Å². The van der Waals surface area contributed by atoms with Gasteiger partial charge in [0.2, 0.25) is 0 Å². The second-order valence-corrected chi connectivity index (χ2v) is 4.88. The maximum Gasteiger partial charge on any atom is 0.253 e. The van der Waals surface area contributed by atoms with Gasteiger partial charge in [0.25, 0.3) is 5.91 Å². The van der Waals surface area contributed by atoms with Crippen molar-refractivity contribution in [3.05, 3.63) is 35.4 Å². The molecular formula is C16H25NO. The lowest BCUT2D eigenvalue weighted by molar-refractivity contribution is 0.0793. The number of aryl methyl sites for hydroxylation is 1. The second kappa shape index (κ2) is 7.91. The zero-order valence-corrected chi connectivity index (χ0v) is 11.9. The van der Waals surface area contributed by atoms with Gasteiger partial charge >= 0.3 is 0 Å². The van der Waals surface area contributed by atoms with Gasteiger partial charge in [-0.3, -0.25) is 4.79 Å². The third-order valence-electron chi connectivity index (χ3n) is 3.21. The van der Waals surface area contributed by atoms with Crippen LogP contribution in [0.4, 0.5) is 0 Å². The molecule has 0 N–H and O–H groups in total. The molecule has 0 spiro atoms. The van der Waals surface area contributed by atoms with Crippen molar-refractivity contribution >= 4 is 5.91 Å². The predicted octanol–water partition coefficient (Wildman–Crippen LogP) is 3.90. The summed E-state index contributed by atoms with van der Waals surface area (Å²) in [5, 5.41) is 0. The van der Waals surface area contributed by atoms with Crippen molar-refractivity contribution in [2.24, 2.45) is 0 Å². The monoisotopic (exact) mass is 247 g/mol. The van der Waals surface area contributed by atoms with Crippen LogP contribution in [0.2, 0.25) is 0 Å². The highest BCUT2D eigenvalue weighted by Gasteiger charge is 2.10. The van der Waals surface area contributed by atoms with E-state index in [-0.39, 0.29) is 5.91 Å². The Labute approximate surface area is 111 Å². The van der Waals surface area contributed by atoms with Gasteiger partial charge in [-0.25, -0.2) is 0 Å². The summed E-state index contributed by atoms with van der Waals surface area (Å²) in [6.45, 7) is 5.17. The van der Waals surface area contributed by atoms with E-state index in [0.29, 0.717) is 0 Å². The summed E-state index contributed by atoms with van der Waals surface area (Å²) < 4.78 is 0. The molecule has 1 amide bonds. The fourth-order valence-corrected chi connectivity index (χ4v) is 1.91. The summed E-state index contributed by atoms with van der Waals surface area (Å²) in [7, 11) is 1.88. The molecule has 0 radical (unpaired) electrons. The minimum atomic E-state index is 0.130. The van der Waals surface area contributed by atoms with Crippen LogP contribution in [0.1, 0.15) is 55.5 Å². The first kappa shape index (κ1) is 14.7. The Morgan fingerprint density at radius 3 is 2.22 bits per heavy atom. The van der Waals surface area contributed by atoms with Crippen molar-refractivity contribution in [1.82, 2.24) is 4.90 Å². The molecule has 0 aliphatic heterocycles. The number of benzene rings is 1. The average Bonchev–Trinajstić information content (AvgIpc) is 2.42. The number of amides is 1. The fraction of sp³-hybridized carbons (Fsp3) is 0.562. The van der Waals surface area contributed by atoms with Crippen LogP contribution in [0.15, 0.2) is 24.3 Å². The molecule has 1 aromatic rings. The first-order valence-electron chi connectivity index (χ1n) is 7.03. The molecule has 0 saturated heterocycles. The van der Waals surface area contributed by atoms with Crippen molar-refractivity contribution in [1.29, 1.82) is 0 Å².